The summed E-state index contributed by atoms with van der Waals surface area (Å²) < 4.78 is 16.8. The second kappa shape index (κ2) is 20.5. The van der Waals surface area contributed by atoms with Gasteiger partial charge in [0.1, 0.15) is 16.8 Å². The Bertz CT molecular complexity index is 1370. The number of amides is 2. The molecule has 306 valence electrons. The third kappa shape index (κ3) is 19.2. The Balaban J connectivity index is 2.19. The first kappa shape index (κ1) is 46.0. The predicted octanol–water partition coefficient (Wildman–Crippen LogP) is 0.896. The van der Waals surface area contributed by atoms with Crippen LogP contribution in [0.5, 0.6) is 17.2 Å². The van der Waals surface area contributed by atoms with Crippen LogP contribution in [0, 0.1) is 0 Å². The van der Waals surface area contributed by atoms with Crippen LogP contribution in [0.2, 0.25) is 0 Å². The monoisotopic (exact) mass is 766 g/mol. The molecule has 1 aromatic rings. The maximum atomic E-state index is 13.1. The van der Waals surface area contributed by atoms with Gasteiger partial charge < -0.3 is 40.2 Å². The van der Waals surface area contributed by atoms with Crippen molar-refractivity contribution in [2.45, 2.75) is 79.1 Å². The normalized spacial score (nSPS) is 16.4. The number of nitrogens with one attached hydrogen (secondary N) is 2. The van der Waals surface area contributed by atoms with Crippen LogP contribution >= 0.6 is 0 Å². The average molecular weight is 767 g/mol. The van der Waals surface area contributed by atoms with Gasteiger partial charge in [-0.3, -0.25) is 43.6 Å². The molecule has 1 saturated heterocycles. The summed E-state index contributed by atoms with van der Waals surface area (Å²) in [4.78, 5) is 72.0. The highest BCUT2D eigenvalue weighted by Gasteiger charge is 2.26. The Morgan fingerprint density at radius 1 is 0.537 bits per heavy atom. The molecule has 0 radical (unpaired) electrons. The second-order valence-corrected chi connectivity index (χ2v) is 16.3. The minimum atomic E-state index is -0.735. The standard InChI is InChI=1S/C37H62N6O11/c1-35(2,3)52-30(47)23-41-14-12-40(22-29(46)38-10-11-39-34(51)26-20-27(44)33(50)28(45)21-26)13-15-42(24-31(48)53-36(4,5)6)17-19-43(18-16-41)25-32(49)54-37(7,8)9/h20-21,44-45,50H,10-19,22-25H2,1-9H3,(H,38,46)(H,39,51). The number of carbonyl (C=O) groups is 5. The molecule has 54 heavy (non-hydrogen) atoms. The van der Waals surface area contributed by atoms with E-state index in [1.807, 2.05) is 19.6 Å². The van der Waals surface area contributed by atoms with Crippen LogP contribution in [0.15, 0.2) is 12.1 Å². The molecule has 0 atom stereocenters. The maximum Gasteiger partial charge on any atom is 0.320 e. The molecule has 1 aliphatic rings. The number of rotatable bonds is 12. The van der Waals surface area contributed by atoms with E-state index < -0.39 is 51.9 Å². The molecule has 0 saturated carbocycles. The number of esters is 3. The fourth-order valence-electron chi connectivity index (χ4n) is 5.35. The summed E-state index contributed by atoms with van der Waals surface area (Å²) in [7, 11) is 0. The number of phenolic OH excluding ortho intramolecular Hbond substituents is 3. The fraction of sp³-hybridized carbons (Fsp3) is 0.703. The first-order valence-electron chi connectivity index (χ1n) is 18.2. The SMILES string of the molecule is CC(C)(C)OC(=O)CN1CCN(CC(=O)NCCNC(=O)c2cc(O)c(O)c(O)c2)CCN(CC(=O)OC(C)(C)C)CCN(CC(=O)OC(C)(C)C)CC1. The summed E-state index contributed by atoms with van der Waals surface area (Å²) in [5, 5.41) is 34.3. The number of ether oxygens (including phenoxy) is 3. The molecule has 0 spiro atoms. The zero-order valence-electron chi connectivity index (χ0n) is 33.5. The Labute approximate surface area is 318 Å². The van der Waals surface area contributed by atoms with E-state index in [-0.39, 0.29) is 56.7 Å². The summed E-state index contributed by atoms with van der Waals surface area (Å²) >= 11 is 0. The highest BCUT2D eigenvalue weighted by Crippen LogP contribution is 2.35. The molecule has 1 fully saturated rings. The quantitative estimate of drug-likeness (QED) is 0.0866. The van der Waals surface area contributed by atoms with E-state index in [1.165, 1.54) is 0 Å². The number of carbonyl (C=O) groups excluding carboxylic acids is 5. The lowest BCUT2D eigenvalue weighted by Crippen LogP contribution is -2.50. The lowest BCUT2D eigenvalue weighted by molar-refractivity contribution is -0.158. The van der Waals surface area contributed by atoms with E-state index in [4.69, 9.17) is 14.2 Å². The number of aromatic hydroxyl groups is 3. The lowest BCUT2D eigenvalue weighted by atomic mass is 10.1. The van der Waals surface area contributed by atoms with Crippen molar-refractivity contribution in [1.82, 2.24) is 30.2 Å². The van der Waals surface area contributed by atoms with Crippen molar-refractivity contribution in [3.63, 3.8) is 0 Å². The number of hydrogen-bond donors (Lipinski definition) is 5. The summed E-state index contributed by atoms with van der Waals surface area (Å²) in [6.07, 6.45) is 0. The number of nitrogens with zero attached hydrogens (tertiary/aromatic N) is 4. The van der Waals surface area contributed by atoms with Gasteiger partial charge >= 0.3 is 17.9 Å². The molecular formula is C37H62N6O11. The molecule has 17 heteroatoms. The topological polar surface area (TPSA) is 211 Å². The Hall–Kier alpha value is -4.19. The lowest BCUT2D eigenvalue weighted by Gasteiger charge is -2.34. The van der Waals surface area contributed by atoms with E-state index in [9.17, 15) is 39.3 Å². The minimum absolute atomic E-state index is 0.00136. The van der Waals surface area contributed by atoms with Crippen LogP contribution in [0.25, 0.3) is 0 Å². The molecular weight excluding hydrogens is 704 g/mol. The highest BCUT2D eigenvalue weighted by molar-refractivity contribution is 5.95. The number of phenols is 3. The van der Waals surface area contributed by atoms with E-state index in [0.717, 1.165) is 12.1 Å². The molecule has 1 aromatic carbocycles. The van der Waals surface area contributed by atoms with Gasteiger partial charge in [0.25, 0.3) is 5.91 Å². The molecule has 0 unspecified atom stereocenters. The van der Waals surface area contributed by atoms with Gasteiger partial charge in [0, 0.05) is 71.0 Å². The van der Waals surface area contributed by atoms with Gasteiger partial charge in [0.05, 0.1) is 26.2 Å². The summed E-state index contributed by atoms with van der Waals surface area (Å²) in [6.45, 7) is 19.5. The van der Waals surface area contributed by atoms with E-state index >= 15 is 0 Å². The van der Waals surface area contributed by atoms with Gasteiger partial charge in [0.2, 0.25) is 5.91 Å². The molecule has 0 aromatic heterocycles. The van der Waals surface area contributed by atoms with Gasteiger partial charge in [-0.25, -0.2) is 0 Å². The maximum absolute atomic E-state index is 13.1. The predicted molar refractivity (Wildman–Crippen MR) is 200 cm³/mol. The van der Waals surface area contributed by atoms with Gasteiger partial charge in [-0.1, -0.05) is 0 Å². The molecule has 1 aliphatic heterocycles. The number of hydrogen-bond acceptors (Lipinski definition) is 15. The fourth-order valence-corrected chi connectivity index (χ4v) is 5.35. The molecule has 17 nitrogen and oxygen atoms in total. The summed E-state index contributed by atoms with van der Waals surface area (Å²) in [6, 6.07) is 2.02. The Morgan fingerprint density at radius 3 is 1.15 bits per heavy atom. The largest absolute Gasteiger partial charge is 0.504 e. The van der Waals surface area contributed by atoms with Crippen LogP contribution in [0.1, 0.15) is 72.7 Å². The third-order valence-corrected chi connectivity index (χ3v) is 7.68. The van der Waals surface area contributed by atoms with Gasteiger partial charge in [-0.2, -0.15) is 0 Å². The molecule has 2 amide bonds. The van der Waals surface area contributed by atoms with Crippen LogP contribution in [0.4, 0.5) is 0 Å². The molecule has 2 rings (SSSR count). The minimum Gasteiger partial charge on any atom is -0.504 e. The van der Waals surface area contributed by atoms with Gasteiger partial charge in [-0.15, -0.1) is 0 Å². The van der Waals surface area contributed by atoms with Gasteiger partial charge in [0.15, 0.2) is 17.2 Å². The average Bonchev–Trinajstić information content (AvgIpc) is 3.00. The molecule has 0 aliphatic carbocycles. The zero-order chi connectivity index (χ0) is 40.9. The summed E-state index contributed by atoms with van der Waals surface area (Å²) in [5.41, 5.74) is -2.10. The Morgan fingerprint density at radius 2 is 0.833 bits per heavy atom. The molecule has 5 N–H and O–H groups in total. The van der Waals surface area contributed by atoms with Crippen molar-refractivity contribution in [2.24, 2.45) is 0 Å². The smallest absolute Gasteiger partial charge is 0.320 e. The second-order valence-electron chi connectivity index (χ2n) is 16.3. The van der Waals surface area contributed by atoms with Gasteiger partial charge in [-0.05, 0) is 74.4 Å². The Kier molecular flexibility index (Phi) is 17.4. The van der Waals surface area contributed by atoms with Crippen LogP contribution in [-0.4, -0.2) is 173 Å². The summed E-state index contributed by atoms with van der Waals surface area (Å²) in [5.74, 6) is -4.17. The molecule has 0 bridgehead atoms. The number of benzene rings is 1. The van der Waals surface area contributed by atoms with Crippen LogP contribution < -0.4 is 10.6 Å². The van der Waals surface area contributed by atoms with Crippen molar-refractivity contribution >= 4 is 29.7 Å². The first-order valence-corrected chi connectivity index (χ1v) is 18.2. The first-order chi connectivity index (χ1) is 24.9. The van der Waals surface area contributed by atoms with Crippen LogP contribution in [-0.2, 0) is 33.4 Å². The van der Waals surface area contributed by atoms with E-state index in [1.54, 1.807) is 62.3 Å². The van der Waals surface area contributed by atoms with Crippen molar-refractivity contribution in [3.05, 3.63) is 17.7 Å². The molecule has 1 heterocycles. The van der Waals surface area contributed by atoms with Crippen molar-refractivity contribution in [1.29, 1.82) is 0 Å². The van der Waals surface area contributed by atoms with E-state index in [0.29, 0.717) is 52.4 Å². The zero-order valence-corrected chi connectivity index (χ0v) is 33.5. The van der Waals surface area contributed by atoms with Crippen LogP contribution in [0.3, 0.4) is 0 Å². The van der Waals surface area contributed by atoms with Crippen molar-refractivity contribution < 1.29 is 53.5 Å². The van der Waals surface area contributed by atoms with Crippen molar-refractivity contribution in [2.75, 3.05) is 91.6 Å². The third-order valence-electron chi connectivity index (χ3n) is 7.68. The van der Waals surface area contributed by atoms with Crippen molar-refractivity contribution in [3.8, 4) is 17.2 Å². The highest BCUT2D eigenvalue weighted by atomic mass is 16.6. The van der Waals surface area contributed by atoms with E-state index in [2.05, 4.69) is 10.6 Å².